The topological polar surface area (TPSA) is 35.5 Å². The van der Waals surface area contributed by atoms with Crippen molar-refractivity contribution in [3.8, 4) is 0 Å². The summed E-state index contributed by atoms with van der Waals surface area (Å²) in [4.78, 5) is 10.9. The Labute approximate surface area is 73.0 Å². The van der Waals surface area contributed by atoms with Gasteiger partial charge in [-0.05, 0) is 25.7 Å². The molecule has 0 aromatic heterocycles. The Morgan fingerprint density at radius 3 is 2.67 bits per heavy atom. The number of esters is 1. The van der Waals surface area contributed by atoms with Crippen LogP contribution in [0.3, 0.4) is 0 Å². The lowest BCUT2D eigenvalue weighted by atomic mass is 10.1. The van der Waals surface area contributed by atoms with Crippen LogP contribution in [0.1, 0.15) is 26.2 Å². The molecule has 1 rings (SSSR count). The summed E-state index contributed by atoms with van der Waals surface area (Å²) in [6.07, 6.45) is 2.90. The van der Waals surface area contributed by atoms with E-state index in [4.69, 9.17) is 4.74 Å². The van der Waals surface area contributed by atoms with Crippen molar-refractivity contribution in [3.63, 3.8) is 0 Å². The summed E-state index contributed by atoms with van der Waals surface area (Å²) in [5.74, 6) is 0.435. The summed E-state index contributed by atoms with van der Waals surface area (Å²) in [5, 5.41) is 0. The molecule has 1 fully saturated rings. The van der Waals surface area contributed by atoms with Gasteiger partial charge in [0.25, 0.3) is 0 Å². The third-order valence-corrected chi connectivity index (χ3v) is 2.12. The SMILES string of the molecule is CCOC(CC(=O)OC)C1CC1. The Bertz CT molecular complexity index is 152. The Hall–Kier alpha value is -0.570. The molecule has 0 saturated heterocycles. The number of carbonyl (C=O) groups is 1. The lowest BCUT2D eigenvalue weighted by molar-refractivity contribution is -0.144. The molecule has 0 spiro atoms. The number of hydrogen-bond acceptors (Lipinski definition) is 3. The van der Waals surface area contributed by atoms with E-state index in [0.717, 1.165) is 0 Å². The van der Waals surface area contributed by atoms with Crippen LogP contribution < -0.4 is 0 Å². The van der Waals surface area contributed by atoms with Gasteiger partial charge in [-0.1, -0.05) is 0 Å². The van der Waals surface area contributed by atoms with Crippen LogP contribution in [0.2, 0.25) is 0 Å². The highest BCUT2D eigenvalue weighted by Gasteiger charge is 2.33. The van der Waals surface area contributed by atoms with Crippen LogP contribution >= 0.6 is 0 Å². The second kappa shape index (κ2) is 4.45. The molecule has 0 radical (unpaired) electrons. The molecule has 70 valence electrons. The van der Waals surface area contributed by atoms with E-state index in [1.165, 1.54) is 20.0 Å². The molecular weight excluding hydrogens is 156 g/mol. The van der Waals surface area contributed by atoms with Crippen molar-refractivity contribution in [2.24, 2.45) is 5.92 Å². The van der Waals surface area contributed by atoms with E-state index in [0.29, 0.717) is 18.9 Å². The Kier molecular flexibility index (Phi) is 3.53. The van der Waals surface area contributed by atoms with Crippen molar-refractivity contribution in [3.05, 3.63) is 0 Å². The highest BCUT2D eigenvalue weighted by Crippen LogP contribution is 2.35. The molecule has 1 aliphatic carbocycles. The quantitative estimate of drug-likeness (QED) is 0.587. The zero-order valence-electron chi connectivity index (χ0n) is 7.71. The third-order valence-electron chi connectivity index (χ3n) is 2.12. The molecule has 1 aliphatic rings. The first kappa shape index (κ1) is 9.52. The lowest BCUT2D eigenvalue weighted by Crippen LogP contribution is -2.20. The van der Waals surface area contributed by atoms with E-state index < -0.39 is 0 Å². The van der Waals surface area contributed by atoms with Crippen LogP contribution in [-0.2, 0) is 14.3 Å². The molecular formula is C9H16O3. The summed E-state index contributed by atoms with van der Waals surface area (Å²) in [5.41, 5.74) is 0. The normalized spacial score (nSPS) is 18.8. The van der Waals surface area contributed by atoms with Crippen molar-refractivity contribution < 1.29 is 14.3 Å². The summed E-state index contributed by atoms with van der Waals surface area (Å²) in [7, 11) is 1.41. The Morgan fingerprint density at radius 2 is 2.25 bits per heavy atom. The highest BCUT2D eigenvalue weighted by molar-refractivity contribution is 5.69. The number of rotatable bonds is 5. The molecule has 1 unspecified atom stereocenters. The fourth-order valence-electron chi connectivity index (χ4n) is 1.29. The summed E-state index contributed by atoms with van der Waals surface area (Å²) in [6, 6.07) is 0. The zero-order valence-corrected chi connectivity index (χ0v) is 7.71. The standard InChI is InChI=1S/C9H16O3/c1-3-12-8(7-4-5-7)6-9(10)11-2/h7-8H,3-6H2,1-2H3. The van der Waals surface area contributed by atoms with Gasteiger partial charge >= 0.3 is 5.97 Å². The first-order chi connectivity index (χ1) is 5.77. The Balaban J connectivity index is 2.26. The molecule has 0 heterocycles. The second-order valence-electron chi connectivity index (χ2n) is 3.11. The van der Waals surface area contributed by atoms with E-state index in [1.807, 2.05) is 6.92 Å². The summed E-state index contributed by atoms with van der Waals surface area (Å²) >= 11 is 0. The molecule has 3 nitrogen and oxygen atoms in total. The van der Waals surface area contributed by atoms with E-state index >= 15 is 0 Å². The minimum Gasteiger partial charge on any atom is -0.469 e. The minimum atomic E-state index is -0.166. The van der Waals surface area contributed by atoms with Gasteiger partial charge in [-0.2, -0.15) is 0 Å². The van der Waals surface area contributed by atoms with Crippen LogP contribution in [0.5, 0.6) is 0 Å². The van der Waals surface area contributed by atoms with Gasteiger partial charge in [0.15, 0.2) is 0 Å². The highest BCUT2D eigenvalue weighted by atomic mass is 16.5. The smallest absolute Gasteiger partial charge is 0.308 e. The lowest BCUT2D eigenvalue weighted by Gasteiger charge is -2.14. The third kappa shape index (κ3) is 2.81. The van der Waals surface area contributed by atoms with E-state index in [9.17, 15) is 4.79 Å². The number of carbonyl (C=O) groups excluding carboxylic acids is 1. The molecule has 12 heavy (non-hydrogen) atoms. The second-order valence-corrected chi connectivity index (χ2v) is 3.11. The van der Waals surface area contributed by atoms with E-state index in [2.05, 4.69) is 4.74 Å². The van der Waals surface area contributed by atoms with Crippen molar-refractivity contribution in [2.45, 2.75) is 32.3 Å². The minimum absolute atomic E-state index is 0.0995. The van der Waals surface area contributed by atoms with Crippen LogP contribution in [0.15, 0.2) is 0 Å². The van der Waals surface area contributed by atoms with Gasteiger partial charge in [0.2, 0.25) is 0 Å². The van der Waals surface area contributed by atoms with Gasteiger partial charge in [-0.25, -0.2) is 0 Å². The molecule has 0 amide bonds. The predicted molar refractivity (Wildman–Crippen MR) is 44.8 cm³/mol. The molecule has 0 N–H and O–H groups in total. The average molecular weight is 172 g/mol. The molecule has 3 heteroatoms. The number of ether oxygens (including phenoxy) is 2. The first-order valence-corrected chi connectivity index (χ1v) is 4.46. The maximum atomic E-state index is 10.9. The average Bonchev–Trinajstić information content (AvgIpc) is 2.86. The van der Waals surface area contributed by atoms with Crippen LogP contribution in [0.25, 0.3) is 0 Å². The van der Waals surface area contributed by atoms with Gasteiger partial charge in [0.05, 0.1) is 19.6 Å². The zero-order chi connectivity index (χ0) is 8.97. The molecule has 0 aromatic carbocycles. The maximum Gasteiger partial charge on any atom is 0.308 e. The van der Waals surface area contributed by atoms with Crippen molar-refractivity contribution in [2.75, 3.05) is 13.7 Å². The fourth-order valence-corrected chi connectivity index (χ4v) is 1.29. The largest absolute Gasteiger partial charge is 0.469 e. The van der Waals surface area contributed by atoms with E-state index in [1.54, 1.807) is 0 Å². The molecule has 0 aromatic rings. The van der Waals surface area contributed by atoms with Gasteiger partial charge in [0.1, 0.15) is 0 Å². The van der Waals surface area contributed by atoms with Crippen LogP contribution in [0.4, 0.5) is 0 Å². The van der Waals surface area contributed by atoms with Gasteiger partial charge in [-0.3, -0.25) is 4.79 Å². The van der Waals surface area contributed by atoms with Gasteiger partial charge in [-0.15, -0.1) is 0 Å². The van der Waals surface area contributed by atoms with Crippen molar-refractivity contribution >= 4 is 5.97 Å². The summed E-state index contributed by atoms with van der Waals surface area (Å²) < 4.78 is 10.0. The maximum absolute atomic E-state index is 10.9. The number of hydrogen-bond donors (Lipinski definition) is 0. The van der Waals surface area contributed by atoms with Gasteiger partial charge in [0, 0.05) is 6.61 Å². The molecule has 0 bridgehead atoms. The van der Waals surface area contributed by atoms with Crippen LogP contribution in [-0.4, -0.2) is 25.8 Å². The number of methoxy groups -OCH3 is 1. The predicted octanol–water partition coefficient (Wildman–Crippen LogP) is 1.36. The monoisotopic (exact) mass is 172 g/mol. The van der Waals surface area contributed by atoms with E-state index in [-0.39, 0.29) is 12.1 Å². The molecule has 1 atom stereocenters. The Morgan fingerprint density at radius 1 is 1.58 bits per heavy atom. The van der Waals surface area contributed by atoms with Gasteiger partial charge < -0.3 is 9.47 Å². The van der Waals surface area contributed by atoms with Crippen LogP contribution in [0, 0.1) is 5.92 Å². The van der Waals surface area contributed by atoms with Crippen molar-refractivity contribution in [1.29, 1.82) is 0 Å². The molecule has 0 aliphatic heterocycles. The summed E-state index contributed by atoms with van der Waals surface area (Å²) in [6.45, 7) is 2.63. The fraction of sp³-hybridized carbons (Fsp3) is 0.889. The first-order valence-electron chi connectivity index (χ1n) is 4.46. The van der Waals surface area contributed by atoms with Crippen molar-refractivity contribution in [1.82, 2.24) is 0 Å². The molecule has 1 saturated carbocycles.